The van der Waals surface area contributed by atoms with E-state index in [4.69, 9.17) is 5.73 Å². The van der Waals surface area contributed by atoms with Crippen LogP contribution < -0.4 is 15.5 Å². The van der Waals surface area contributed by atoms with Crippen molar-refractivity contribution in [3.05, 3.63) is 42.2 Å². The summed E-state index contributed by atoms with van der Waals surface area (Å²) in [7, 11) is 0. The lowest BCUT2D eigenvalue weighted by atomic mass is 10.1. The standard InChI is InChI=1S/C15H19N5/c1-12-11-13(16)3-4-14(12)19-7-9-20(10-8-19)15-17-5-2-6-18-15/h2-6,11H,7-10,16H2,1H3. The van der Waals surface area contributed by atoms with Crippen molar-refractivity contribution in [2.24, 2.45) is 0 Å². The zero-order chi connectivity index (χ0) is 13.9. The van der Waals surface area contributed by atoms with Gasteiger partial charge < -0.3 is 15.5 Å². The highest BCUT2D eigenvalue weighted by Crippen LogP contribution is 2.24. The molecule has 0 aliphatic carbocycles. The summed E-state index contributed by atoms with van der Waals surface area (Å²) in [6.45, 7) is 5.94. The molecule has 1 aromatic heterocycles. The van der Waals surface area contributed by atoms with Crippen molar-refractivity contribution in [2.75, 3.05) is 41.7 Å². The summed E-state index contributed by atoms with van der Waals surface area (Å²) in [5.41, 5.74) is 9.14. The first-order valence-electron chi connectivity index (χ1n) is 6.87. The van der Waals surface area contributed by atoms with Crippen LogP contribution >= 0.6 is 0 Å². The molecule has 104 valence electrons. The number of aryl methyl sites for hydroxylation is 1. The number of aromatic nitrogens is 2. The van der Waals surface area contributed by atoms with E-state index in [0.29, 0.717) is 0 Å². The maximum absolute atomic E-state index is 5.81. The molecule has 1 aliphatic rings. The van der Waals surface area contributed by atoms with Gasteiger partial charge in [-0.1, -0.05) is 0 Å². The molecular weight excluding hydrogens is 250 g/mol. The van der Waals surface area contributed by atoms with E-state index >= 15 is 0 Å². The molecule has 1 fully saturated rings. The largest absolute Gasteiger partial charge is 0.399 e. The summed E-state index contributed by atoms with van der Waals surface area (Å²) in [6, 6.07) is 7.95. The third kappa shape index (κ3) is 2.52. The van der Waals surface area contributed by atoms with Gasteiger partial charge in [-0.3, -0.25) is 0 Å². The number of piperazine rings is 1. The molecular formula is C15H19N5. The van der Waals surface area contributed by atoms with Crippen molar-refractivity contribution >= 4 is 17.3 Å². The van der Waals surface area contributed by atoms with Crippen LogP contribution in [0.5, 0.6) is 0 Å². The maximum atomic E-state index is 5.81. The average molecular weight is 269 g/mol. The quantitative estimate of drug-likeness (QED) is 0.841. The molecule has 5 nitrogen and oxygen atoms in total. The zero-order valence-electron chi connectivity index (χ0n) is 11.7. The molecule has 0 bridgehead atoms. The Hall–Kier alpha value is -2.30. The second kappa shape index (κ2) is 5.36. The predicted molar refractivity (Wildman–Crippen MR) is 82.0 cm³/mol. The van der Waals surface area contributed by atoms with Crippen molar-refractivity contribution in [2.45, 2.75) is 6.92 Å². The molecule has 0 radical (unpaired) electrons. The molecule has 2 aromatic rings. The SMILES string of the molecule is Cc1cc(N)ccc1N1CCN(c2ncccn2)CC1. The van der Waals surface area contributed by atoms with Gasteiger partial charge >= 0.3 is 0 Å². The third-order valence-electron chi connectivity index (χ3n) is 3.68. The van der Waals surface area contributed by atoms with Crippen LogP contribution in [0.3, 0.4) is 0 Å². The van der Waals surface area contributed by atoms with E-state index < -0.39 is 0 Å². The fourth-order valence-electron chi connectivity index (χ4n) is 2.64. The fraction of sp³-hybridized carbons (Fsp3) is 0.333. The van der Waals surface area contributed by atoms with Crippen LogP contribution in [-0.2, 0) is 0 Å². The Labute approximate surface area is 119 Å². The monoisotopic (exact) mass is 269 g/mol. The number of hydrogen-bond acceptors (Lipinski definition) is 5. The highest BCUT2D eigenvalue weighted by Gasteiger charge is 2.19. The number of nitrogen functional groups attached to an aromatic ring is 1. The van der Waals surface area contributed by atoms with E-state index in [1.165, 1.54) is 11.3 Å². The minimum atomic E-state index is 0.821. The molecule has 0 saturated carbocycles. The van der Waals surface area contributed by atoms with Gasteiger partial charge in [0.05, 0.1) is 0 Å². The lowest BCUT2D eigenvalue weighted by molar-refractivity contribution is 0.639. The number of rotatable bonds is 2. The van der Waals surface area contributed by atoms with Gasteiger partial charge in [0.25, 0.3) is 0 Å². The van der Waals surface area contributed by atoms with Crippen molar-refractivity contribution in [3.8, 4) is 0 Å². The van der Waals surface area contributed by atoms with E-state index in [0.717, 1.165) is 37.8 Å². The van der Waals surface area contributed by atoms with Crippen molar-refractivity contribution in [3.63, 3.8) is 0 Å². The Bertz CT molecular complexity index is 576. The molecule has 0 spiro atoms. The predicted octanol–water partition coefficient (Wildman–Crippen LogP) is 1.69. The number of nitrogens with two attached hydrogens (primary N) is 1. The fourth-order valence-corrected chi connectivity index (χ4v) is 2.64. The normalized spacial score (nSPS) is 15.4. The van der Waals surface area contributed by atoms with Gasteiger partial charge in [-0.25, -0.2) is 9.97 Å². The second-order valence-corrected chi connectivity index (χ2v) is 5.07. The molecule has 2 N–H and O–H groups in total. The van der Waals surface area contributed by atoms with Gasteiger partial charge in [-0.2, -0.15) is 0 Å². The summed E-state index contributed by atoms with van der Waals surface area (Å²) < 4.78 is 0. The van der Waals surface area contributed by atoms with E-state index in [9.17, 15) is 0 Å². The molecule has 0 unspecified atom stereocenters. The van der Waals surface area contributed by atoms with Gasteiger partial charge in [0, 0.05) is 49.9 Å². The average Bonchev–Trinajstić information content (AvgIpc) is 2.48. The number of benzene rings is 1. The van der Waals surface area contributed by atoms with E-state index in [2.05, 4.69) is 32.8 Å². The lowest BCUT2D eigenvalue weighted by Gasteiger charge is -2.36. The summed E-state index contributed by atoms with van der Waals surface area (Å²) >= 11 is 0. The van der Waals surface area contributed by atoms with Crippen molar-refractivity contribution in [1.29, 1.82) is 0 Å². The number of anilines is 3. The van der Waals surface area contributed by atoms with E-state index in [1.54, 1.807) is 12.4 Å². The Morgan fingerprint density at radius 2 is 1.65 bits per heavy atom. The van der Waals surface area contributed by atoms with Crippen LogP contribution in [-0.4, -0.2) is 36.1 Å². The maximum Gasteiger partial charge on any atom is 0.225 e. The van der Waals surface area contributed by atoms with Gasteiger partial charge in [-0.15, -0.1) is 0 Å². The summed E-state index contributed by atoms with van der Waals surface area (Å²) in [4.78, 5) is 13.2. The van der Waals surface area contributed by atoms with Gasteiger partial charge in [-0.05, 0) is 36.8 Å². The molecule has 1 aromatic carbocycles. The minimum absolute atomic E-state index is 0.821. The Morgan fingerprint density at radius 1 is 1.00 bits per heavy atom. The van der Waals surface area contributed by atoms with Gasteiger partial charge in [0.1, 0.15) is 0 Å². The van der Waals surface area contributed by atoms with Gasteiger partial charge in [0.15, 0.2) is 0 Å². The van der Waals surface area contributed by atoms with Crippen molar-refractivity contribution in [1.82, 2.24) is 9.97 Å². The van der Waals surface area contributed by atoms with Gasteiger partial charge in [0.2, 0.25) is 5.95 Å². The molecule has 2 heterocycles. The highest BCUT2D eigenvalue weighted by atomic mass is 15.3. The molecule has 0 atom stereocenters. The molecule has 1 aliphatic heterocycles. The van der Waals surface area contributed by atoms with Crippen molar-refractivity contribution < 1.29 is 0 Å². The van der Waals surface area contributed by atoms with Crippen LogP contribution in [0, 0.1) is 6.92 Å². The molecule has 3 rings (SSSR count). The first-order valence-corrected chi connectivity index (χ1v) is 6.87. The summed E-state index contributed by atoms with van der Waals surface area (Å²) in [6.07, 6.45) is 3.58. The van der Waals surface area contributed by atoms with E-state index in [1.807, 2.05) is 18.2 Å². The van der Waals surface area contributed by atoms with Crippen LogP contribution in [0.15, 0.2) is 36.7 Å². The molecule has 5 heteroatoms. The number of hydrogen-bond donors (Lipinski definition) is 1. The first-order chi connectivity index (χ1) is 9.74. The molecule has 20 heavy (non-hydrogen) atoms. The third-order valence-corrected chi connectivity index (χ3v) is 3.68. The molecule has 0 amide bonds. The summed E-state index contributed by atoms with van der Waals surface area (Å²) in [5, 5.41) is 0. The van der Waals surface area contributed by atoms with E-state index in [-0.39, 0.29) is 0 Å². The van der Waals surface area contributed by atoms with Crippen LogP contribution in [0.1, 0.15) is 5.56 Å². The Balaban J connectivity index is 1.69. The lowest BCUT2D eigenvalue weighted by Crippen LogP contribution is -2.47. The van der Waals surface area contributed by atoms with Crippen LogP contribution in [0.4, 0.5) is 17.3 Å². The molecule has 1 saturated heterocycles. The Kier molecular flexibility index (Phi) is 3.41. The topological polar surface area (TPSA) is 58.3 Å². The Morgan fingerprint density at radius 3 is 2.30 bits per heavy atom. The van der Waals surface area contributed by atoms with Crippen LogP contribution in [0.25, 0.3) is 0 Å². The van der Waals surface area contributed by atoms with Crippen LogP contribution in [0.2, 0.25) is 0 Å². The first kappa shape index (κ1) is 12.7. The number of nitrogens with zero attached hydrogens (tertiary/aromatic N) is 4. The highest BCUT2D eigenvalue weighted by molar-refractivity contribution is 5.59. The smallest absolute Gasteiger partial charge is 0.225 e. The second-order valence-electron chi connectivity index (χ2n) is 5.07. The zero-order valence-corrected chi connectivity index (χ0v) is 11.7. The summed E-state index contributed by atoms with van der Waals surface area (Å²) in [5.74, 6) is 0.821. The minimum Gasteiger partial charge on any atom is -0.399 e.